The van der Waals surface area contributed by atoms with Crippen molar-refractivity contribution < 1.29 is 9.53 Å². The van der Waals surface area contributed by atoms with Gasteiger partial charge in [0.25, 0.3) is 5.91 Å². The molecule has 0 saturated carbocycles. The molecular formula is C18H18BrNO2. The lowest BCUT2D eigenvalue weighted by molar-refractivity contribution is 0.0933. The molecule has 1 amide bonds. The number of benzene rings is 2. The number of hydrogen-bond donors (Lipinski definition) is 1. The van der Waals surface area contributed by atoms with Gasteiger partial charge in [0.2, 0.25) is 0 Å². The second-order valence-electron chi connectivity index (χ2n) is 5.55. The number of ether oxygens (including phenoxy) is 1. The molecule has 2 aromatic carbocycles. The van der Waals surface area contributed by atoms with E-state index in [0.717, 1.165) is 29.5 Å². The van der Waals surface area contributed by atoms with Gasteiger partial charge in [-0.1, -0.05) is 22.0 Å². The molecule has 3 nitrogen and oxygen atoms in total. The third-order valence-electron chi connectivity index (χ3n) is 4.08. The average molecular weight is 360 g/mol. The second-order valence-corrected chi connectivity index (χ2v) is 6.47. The summed E-state index contributed by atoms with van der Waals surface area (Å²) in [6.07, 6.45) is 2.87. The quantitative estimate of drug-likeness (QED) is 0.906. The number of aryl methyl sites for hydroxylation is 1. The van der Waals surface area contributed by atoms with Crippen molar-refractivity contribution in [2.24, 2.45) is 0 Å². The average Bonchev–Trinajstić information content (AvgIpc) is 2.55. The highest BCUT2D eigenvalue weighted by Gasteiger charge is 2.20. The van der Waals surface area contributed by atoms with Crippen molar-refractivity contribution >= 4 is 21.8 Å². The van der Waals surface area contributed by atoms with Crippen LogP contribution in [0.25, 0.3) is 0 Å². The summed E-state index contributed by atoms with van der Waals surface area (Å²) in [6.45, 7) is 0. The largest absolute Gasteiger partial charge is 0.497 e. The summed E-state index contributed by atoms with van der Waals surface area (Å²) in [5.41, 5.74) is 3.38. The summed E-state index contributed by atoms with van der Waals surface area (Å²) < 4.78 is 6.23. The summed E-state index contributed by atoms with van der Waals surface area (Å²) in [4.78, 5) is 12.3. The highest BCUT2D eigenvalue weighted by Crippen LogP contribution is 2.25. The first-order chi connectivity index (χ1) is 10.7. The number of rotatable bonds is 3. The summed E-state index contributed by atoms with van der Waals surface area (Å²) >= 11 is 3.51. The molecule has 2 aromatic rings. The fraction of sp³-hybridized carbons (Fsp3) is 0.278. The van der Waals surface area contributed by atoms with E-state index in [1.807, 2.05) is 12.1 Å². The fourth-order valence-electron chi connectivity index (χ4n) is 2.86. The van der Waals surface area contributed by atoms with Gasteiger partial charge in [-0.3, -0.25) is 4.79 Å². The number of carbonyl (C=O) groups is 1. The van der Waals surface area contributed by atoms with E-state index in [-0.39, 0.29) is 11.9 Å². The van der Waals surface area contributed by atoms with Crippen LogP contribution in [0.1, 0.15) is 27.9 Å². The zero-order valence-corrected chi connectivity index (χ0v) is 14.0. The maximum Gasteiger partial charge on any atom is 0.251 e. The van der Waals surface area contributed by atoms with Gasteiger partial charge in [-0.25, -0.2) is 0 Å². The van der Waals surface area contributed by atoms with Gasteiger partial charge in [0, 0.05) is 16.1 Å². The van der Waals surface area contributed by atoms with Gasteiger partial charge in [0.1, 0.15) is 5.75 Å². The maximum absolute atomic E-state index is 12.3. The molecular weight excluding hydrogens is 342 g/mol. The van der Waals surface area contributed by atoms with E-state index in [0.29, 0.717) is 5.56 Å². The van der Waals surface area contributed by atoms with Crippen LogP contribution >= 0.6 is 15.9 Å². The normalized spacial score (nSPS) is 16.7. The predicted molar refractivity (Wildman–Crippen MR) is 90.4 cm³/mol. The highest BCUT2D eigenvalue weighted by atomic mass is 79.9. The molecule has 3 rings (SSSR count). The van der Waals surface area contributed by atoms with E-state index >= 15 is 0 Å². The second kappa shape index (κ2) is 6.53. The summed E-state index contributed by atoms with van der Waals surface area (Å²) in [6, 6.07) is 13.8. The van der Waals surface area contributed by atoms with Crippen LogP contribution in [0.4, 0.5) is 0 Å². The van der Waals surface area contributed by atoms with Gasteiger partial charge in [0.05, 0.1) is 7.11 Å². The minimum Gasteiger partial charge on any atom is -0.497 e. The van der Waals surface area contributed by atoms with Crippen molar-refractivity contribution in [1.82, 2.24) is 5.32 Å². The van der Waals surface area contributed by atoms with Crippen LogP contribution < -0.4 is 10.1 Å². The molecule has 0 bridgehead atoms. The Labute approximate surface area is 138 Å². The van der Waals surface area contributed by atoms with E-state index in [1.165, 1.54) is 11.1 Å². The molecule has 1 aliphatic carbocycles. The molecule has 1 aliphatic rings. The topological polar surface area (TPSA) is 38.3 Å². The zero-order chi connectivity index (χ0) is 15.5. The Balaban J connectivity index is 1.66. The number of halogens is 1. The molecule has 0 spiro atoms. The van der Waals surface area contributed by atoms with Crippen LogP contribution in [0.3, 0.4) is 0 Å². The lowest BCUT2D eigenvalue weighted by Gasteiger charge is -2.25. The Morgan fingerprint density at radius 1 is 1.18 bits per heavy atom. The van der Waals surface area contributed by atoms with Crippen molar-refractivity contribution in [1.29, 1.82) is 0 Å². The van der Waals surface area contributed by atoms with Crippen LogP contribution in [0.5, 0.6) is 5.75 Å². The van der Waals surface area contributed by atoms with Crippen molar-refractivity contribution in [3.8, 4) is 5.75 Å². The standard InChI is InChI=1S/C18H18BrNO2/c1-22-17-8-4-12(5-9-17)18(21)20-16-7-3-13-10-15(19)6-2-14(13)11-16/h2,4-6,8-10,16H,3,7,11H2,1H3,(H,20,21)/t16-/m1/s1. The molecule has 22 heavy (non-hydrogen) atoms. The van der Waals surface area contributed by atoms with Gasteiger partial charge in [0.15, 0.2) is 0 Å². The van der Waals surface area contributed by atoms with Crippen molar-refractivity contribution in [2.45, 2.75) is 25.3 Å². The van der Waals surface area contributed by atoms with Crippen molar-refractivity contribution in [2.75, 3.05) is 7.11 Å². The maximum atomic E-state index is 12.3. The van der Waals surface area contributed by atoms with Crippen molar-refractivity contribution in [3.63, 3.8) is 0 Å². The van der Waals surface area contributed by atoms with Crippen LogP contribution in [-0.4, -0.2) is 19.1 Å². The van der Waals surface area contributed by atoms with E-state index < -0.39 is 0 Å². The Kier molecular flexibility index (Phi) is 4.48. The molecule has 1 atom stereocenters. The molecule has 4 heteroatoms. The first-order valence-corrected chi connectivity index (χ1v) is 8.17. The summed E-state index contributed by atoms with van der Waals surface area (Å²) in [5.74, 6) is 0.738. The monoisotopic (exact) mass is 359 g/mol. The molecule has 0 unspecified atom stereocenters. The minimum absolute atomic E-state index is 0.0202. The lowest BCUT2D eigenvalue weighted by Crippen LogP contribution is -2.38. The third kappa shape index (κ3) is 3.33. The van der Waals surface area contributed by atoms with E-state index in [2.05, 4.69) is 39.4 Å². The SMILES string of the molecule is COc1ccc(C(=O)N[C@@H]2CCc3cc(Br)ccc3C2)cc1. The number of fused-ring (bicyclic) bond motifs is 1. The minimum atomic E-state index is -0.0202. The molecule has 0 radical (unpaired) electrons. The van der Waals surface area contributed by atoms with Crippen molar-refractivity contribution in [3.05, 3.63) is 63.6 Å². The highest BCUT2D eigenvalue weighted by molar-refractivity contribution is 9.10. The first kappa shape index (κ1) is 15.1. The van der Waals surface area contributed by atoms with Gasteiger partial charge < -0.3 is 10.1 Å². The lowest BCUT2D eigenvalue weighted by atomic mass is 9.88. The summed E-state index contributed by atoms with van der Waals surface area (Å²) in [5, 5.41) is 3.14. The van der Waals surface area contributed by atoms with E-state index in [1.54, 1.807) is 19.2 Å². The van der Waals surface area contributed by atoms with Gasteiger partial charge >= 0.3 is 0 Å². The number of methoxy groups -OCH3 is 1. The zero-order valence-electron chi connectivity index (χ0n) is 12.4. The number of carbonyl (C=O) groups excluding carboxylic acids is 1. The molecule has 114 valence electrons. The Bertz CT molecular complexity index is 682. The van der Waals surface area contributed by atoms with Crippen LogP contribution in [0.15, 0.2) is 46.9 Å². The molecule has 0 fully saturated rings. The van der Waals surface area contributed by atoms with Gasteiger partial charge in [-0.2, -0.15) is 0 Å². The Morgan fingerprint density at radius 2 is 1.95 bits per heavy atom. The fourth-order valence-corrected chi connectivity index (χ4v) is 3.27. The van der Waals surface area contributed by atoms with Crippen LogP contribution in [0.2, 0.25) is 0 Å². The first-order valence-electron chi connectivity index (χ1n) is 7.38. The van der Waals surface area contributed by atoms with Gasteiger partial charge in [-0.15, -0.1) is 0 Å². The number of amides is 1. The Hall–Kier alpha value is -1.81. The van der Waals surface area contributed by atoms with Crippen LogP contribution in [-0.2, 0) is 12.8 Å². The predicted octanol–water partition coefficient (Wildman–Crippen LogP) is 3.75. The van der Waals surface area contributed by atoms with E-state index in [9.17, 15) is 4.79 Å². The molecule has 0 aliphatic heterocycles. The molecule has 0 saturated heterocycles. The number of nitrogens with one attached hydrogen (secondary N) is 1. The summed E-state index contributed by atoms with van der Waals surface area (Å²) in [7, 11) is 1.62. The number of hydrogen-bond acceptors (Lipinski definition) is 2. The van der Waals surface area contributed by atoms with Crippen LogP contribution in [0, 0.1) is 0 Å². The molecule has 1 N–H and O–H groups in total. The Morgan fingerprint density at radius 3 is 2.68 bits per heavy atom. The third-order valence-corrected chi connectivity index (χ3v) is 4.58. The van der Waals surface area contributed by atoms with Gasteiger partial charge in [-0.05, 0) is 66.8 Å². The van der Waals surface area contributed by atoms with E-state index in [4.69, 9.17) is 4.74 Å². The molecule has 0 aromatic heterocycles. The molecule has 0 heterocycles. The smallest absolute Gasteiger partial charge is 0.251 e.